The van der Waals surface area contributed by atoms with E-state index in [0.29, 0.717) is 0 Å². The Morgan fingerprint density at radius 3 is 1.83 bits per heavy atom. The largest absolute Gasteiger partial charge is 1.00 e. The van der Waals surface area contributed by atoms with Crippen molar-refractivity contribution in [1.29, 1.82) is 0 Å². The second kappa shape index (κ2) is 5.78. The van der Waals surface area contributed by atoms with Gasteiger partial charge >= 0.3 is 51.4 Å². The zero-order valence-electron chi connectivity index (χ0n) is 3.30. The normalized spacial score (nSPS) is 5.33. The molecule has 0 bridgehead atoms. The summed E-state index contributed by atoms with van der Waals surface area (Å²) in [6.07, 6.45) is -0.278. The molecule has 0 N–H and O–H groups in total. The molecular weight excluding hydrogens is 111 g/mol. The molecule has 0 aliphatic rings. The number of carboxylic acid groups (broad SMARTS) is 1. The molecule has 6 heavy (non-hydrogen) atoms. The van der Waals surface area contributed by atoms with Gasteiger partial charge in [-0.1, -0.05) is 0 Å². The first-order chi connectivity index (χ1) is 2.27. The summed E-state index contributed by atoms with van der Waals surface area (Å²) >= 11 is 0. The minimum atomic E-state index is -1.68. The van der Waals surface area contributed by atoms with Gasteiger partial charge in [0.05, 0.1) is 0 Å². The molecule has 28 valence electrons. The Kier molecular flexibility index (Phi) is 9.54. The second-order valence-corrected chi connectivity index (χ2v) is 0.437. The van der Waals surface area contributed by atoms with Crippen LogP contribution >= 0.6 is 0 Å². The van der Waals surface area contributed by atoms with Crippen molar-refractivity contribution < 1.29 is 66.1 Å². The molecule has 0 aromatic heterocycles. The summed E-state index contributed by atoms with van der Waals surface area (Å²) < 4.78 is 0. The van der Waals surface area contributed by atoms with Crippen molar-refractivity contribution in [2.75, 3.05) is 0 Å². The van der Waals surface area contributed by atoms with Gasteiger partial charge in [-0.05, 0) is 0 Å². The predicted octanol–water partition coefficient (Wildman–Crippen LogP) is -5.06. The minimum Gasteiger partial charge on any atom is -0.542 e. The number of aldehydes is 1. The van der Waals surface area contributed by atoms with Crippen LogP contribution in [-0.2, 0) is 9.59 Å². The topological polar surface area (TPSA) is 57.2 Å². The Labute approximate surface area is 77.1 Å². The SMILES string of the molecule is O=CC(=O)[O-].[K+]. The maximum atomic E-state index is 8.89. The Hall–Kier alpha value is 0.776. The minimum absolute atomic E-state index is 0. The van der Waals surface area contributed by atoms with E-state index in [1.165, 1.54) is 0 Å². The second-order valence-electron chi connectivity index (χ2n) is 0.437. The van der Waals surface area contributed by atoms with Crippen LogP contribution in [0.25, 0.3) is 0 Å². The van der Waals surface area contributed by atoms with Crippen molar-refractivity contribution in [3.8, 4) is 0 Å². The smallest absolute Gasteiger partial charge is 0.542 e. The number of hydrogen-bond acceptors (Lipinski definition) is 3. The molecule has 0 fully saturated rings. The quantitative estimate of drug-likeness (QED) is 0.194. The van der Waals surface area contributed by atoms with Crippen LogP contribution in [0, 0.1) is 0 Å². The van der Waals surface area contributed by atoms with Crippen LogP contribution in [0.2, 0.25) is 0 Å². The van der Waals surface area contributed by atoms with Gasteiger partial charge in [0.25, 0.3) is 0 Å². The van der Waals surface area contributed by atoms with Crippen molar-refractivity contribution in [1.82, 2.24) is 0 Å². The Bertz CT molecular complexity index is 59.8. The maximum absolute atomic E-state index is 8.89. The first-order valence-corrected chi connectivity index (χ1v) is 0.933. The van der Waals surface area contributed by atoms with Crippen molar-refractivity contribution in [2.45, 2.75) is 0 Å². The van der Waals surface area contributed by atoms with E-state index in [1.807, 2.05) is 0 Å². The fourth-order valence-electron chi connectivity index (χ4n) is 0. The number of carboxylic acids is 1. The van der Waals surface area contributed by atoms with Gasteiger partial charge in [0.1, 0.15) is 5.97 Å². The van der Waals surface area contributed by atoms with Crippen LogP contribution < -0.4 is 56.5 Å². The van der Waals surface area contributed by atoms with Gasteiger partial charge in [0.2, 0.25) is 0 Å². The Morgan fingerprint density at radius 1 is 1.67 bits per heavy atom. The third kappa shape index (κ3) is 8.84. The van der Waals surface area contributed by atoms with Crippen LogP contribution in [0.4, 0.5) is 0 Å². The molecule has 0 saturated carbocycles. The van der Waals surface area contributed by atoms with Gasteiger partial charge in [0.15, 0.2) is 6.29 Å². The molecule has 0 spiro atoms. The van der Waals surface area contributed by atoms with Gasteiger partial charge in [-0.15, -0.1) is 0 Å². The fourth-order valence-corrected chi connectivity index (χ4v) is 0. The number of hydrogen-bond donors (Lipinski definition) is 0. The number of rotatable bonds is 1. The van der Waals surface area contributed by atoms with Gasteiger partial charge in [-0.2, -0.15) is 0 Å². The first kappa shape index (κ1) is 9.91. The van der Waals surface area contributed by atoms with E-state index in [2.05, 4.69) is 0 Å². The van der Waals surface area contributed by atoms with Gasteiger partial charge < -0.3 is 9.90 Å². The molecule has 0 rings (SSSR count). The molecule has 0 aliphatic heterocycles. The zero-order chi connectivity index (χ0) is 4.28. The molecule has 0 aromatic carbocycles. The molecule has 0 saturated heterocycles. The molecule has 0 radical (unpaired) electrons. The molecule has 4 heteroatoms. The predicted molar refractivity (Wildman–Crippen MR) is 11.1 cm³/mol. The van der Waals surface area contributed by atoms with Crippen molar-refractivity contribution in [3.05, 3.63) is 0 Å². The summed E-state index contributed by atoms with van der Waals surface area (Å²) in [5.41, 5.74) is 0. The third-order valence-corrected chi connectivity index (χ3v) is 0.0962. The average molecular weight is 112 g/mol. The van der Waals surface area contributed by atoms with Crippen LogP contribution in [0.1, 0.15) is 0 Å². The zero-order valence-corrected chi connectivity index (χ0v) is 6.43. The van der Waals surface area contributed by atoms with E-state index in [1.54, 1.807) is 0 Å². The molecule has 0 atom stereocenters. The van der Waals surface area contributed by atoms with Crippen molar-refractivity contribution in [3.63, 3.8) is 0 Å². The Balaban J connectivity index is 0. The monoisotopic (exact) mass is 112 g/mol. The van der Waals surface area contributed by atoms with E-state index in [-0.39, 0.29) is 57.7 Å². The molecule has 3 nitrogen and oxygen atoms in total. The summed E-state index contributed by atoms with van der Waals surface area (Å²) in [6.45, 7) is 0. The van der Waals surface area contributed by atoms with E-state index in [4.69, 9.17) is 14.7 Å². The standard InChI is InChI=1S/C2H2O3.K/c3-1-2(4)5;/h1H,(H,4,5);/q;+1/p-1. The van der Waals surface area contributed by atoms with Crippen molar-refractivity contribution in [2.24, 2.45) is 0 Å². The number of aliphatic carboxylic acids is 1. The average Bonchev–Trinajstić information content (AvgIpc) is 1.38. The van der Waals surface area contributed by atoms with E-state index in [0.717, 1.165) is 0 Å². The third-order valence-electron chi connectivity index (χ3n) is 0.0962. The molecule has 0 aromatic rings. The summed E-state index contributed by atoms with van der Waals surface area (Å²) in [5, 5.41) is 8.89. The molecule has 0 aliphatic carbocycles. The van der Waals surface area contributed by atoms with Crippen LogP contribution in [0.3, 0.4) is 0 Å². The van der Waals surface area contributed by atoms with Crippen LogP contribution in [-0.4, -0.2) is 12.3 Å². The summed E-state index contributed by atoms with van der Waals surface area (Å²) in [7, 11) is 0. The number of carbonyl (C=O) groups excluding carboxylic acids is 2. The molecule has 0 amide bonds. The first-order valence-electron chi connectivity index (χ1n) is 0.933. The van der Waals surface area contributed by atoms with Gasteiger partial charge in [-0.3, -0.25) is 4.79 Å². The Morgan fingerprint density at radius 2 is 1.83 bits per heavy atom. The number of carbonyl (C=O) groups is 2. The fraction of sp³-hybridized carbons (Fsp3) is 0. The molecule has 0 unspecified atom stereocenters. The summed E-state index contributed by atoms with van der Waals surface area (Å²) in [4.78, 5) is 17.7. The molecular formula is C2HKO3. The van der Waals surface area contributed by atoms with Crippen molar-refractivity contribution >= 4 is 12.3 Å². The van der Waals surface area contributed by atoms with E-state index >= 15 is 0 Å². The summed E-state index contributed by atoms with van der Waals surface area (Å²) in [5.74, 6) is -1.68. The summed E-state index contributed by atoms with van der Waals surface area (Å²) in [6, 6.07) is 0. The molecule has 0 heterocycles. The van der Waals surface area contributed by atoms with E-state index in [9.17, 15) is 0 Å². The van der Waals surface area contributed by atoms with E-state index < -0.39 is 5.97 Å². The van der Waals surface area contributed by atoms with Gasteiger partial charge in [0, 0.05) is 0 Å². The van der Waals surface area contributed by atoms with Crippen LogP contribution in [0.15, 0.2) is 0 Å². The van der Waals surface area contributed by atoms with Crippen LogP contribution in [0.5, 0.6) is 0 Å². The maximum Gasteiger partial charge on any atom is 1.00 e. The van der Waals surface area contributed by atoms with Gasteiger partial charge in [-0.25, -0.2) is 0 Å².